The molecule has 2 rings (SSSR count). The van der Waals surface area contributed by atoms with Gasteiger partial charge in [-0.1, -0.05) is 42.5 Å². The van der Waals surface area contributed by atoms with Crippen molar-refractivity contribution >= 4 is 5.69 Å². The highest BCUT2D eigenvalue weighted by Crippen LogP contribution is 2.22. The summed E-state index contributed by atoms with van der Waals surface area (Å²) < 4.78 is 0. The number of anilines is 1. The van der Waals surface area contributed by atoms with Crippen LogP contribution in [0, 0.1) is 11.3 Å². The van der Waals surface area contributed by atoms with Crippen LogP contribution < -0.4 is 5.32 Å². The molecule has 1 atom stereocenters. The molecule has 0 amide bonds. The summed E-state index contributed by atoms with van der Waals surface area (Å²) in [6, 6.07) is 18.9. The van der Waals surface area contributed by atoms with Crippen LogP contribution in [0.5, 0.6) is 0 Å². The fraction of sp³-hybridized carbons (Fsp3) is 0.188. The van der Waals surface area contributed by atoms with E-state index in [1.165, 1.54) is 0 Å². The van der Waals surface area contributed by atoms with Gasteiger partial charge in [-0.3, -0.25) is 0 Å². The van der Waals surface area contributed by atoms with Gasteiger partial charge in [0.2, 0.25) is 0 Å². The van der Waals surface area contributed by atoms with Gasteiger partial charge < -0.3 is 10.4 Å². The number of nitrogens with one attached hydrogen (secondary N) is 1. The number of para-hydroxylation sites is 1. The lowest BCUT2D eigenvalue weighted by atomic mass is 9.96. The molecule has 2 N–H and O–H groups in total. The van der Waals surface area contributed by atoms with Crippen molar-refractivity contribution in [3.8, 4) is 6.07 Å². The van der Waals surface area contributed by atoms with Gasteiger partial charge in [-0.2, -0.15) is 5.26 Å². The molecule has 0 spiro atoms. The second-order valence-corrected chi connectivity index (χ2v) is 4.65. The zero-order chi connectivity index (χ0) is 13.7. The summed E-state index contributed by atoms with van der Waals surface area (Å²) >= 11 is 0. The van der Waals surface area contributed by atoms with Gasteiger partial charge in [-0.05, 0) is 24.6 Å². The van der Waals surface area contributed by atoms with Crippen LogP contribution in [-0.2, 0) is 5.60 Å². The second-order valence-electron chi connectivity index (χ2n) is 4.65. The summed E-state index contributed by atoms with van der Waals surface area (Å²) in [5.41, 5.74) is 1.17. The van der Waals surface area contributed by atoms with Crippen molar-refractivity contribution < 1.29 is 5.11 Å². The van der Waals surface area contributed by atoms with E-state index >= 15 is 0 Å². The minimum absolute atomic E-state index is 0.343. The molecular weight excluding hydrogens is 236 g/mol. The van der Waals surface area contributed by atoms with Gasteiger partial charge in [-0.15, -0.1) is 0 Å². The van der Waals surface area contributed by atoms with Crippen LogP contribution in [0.25, 0.3) is 0 Å². The summed E-state index contributed by atoms with van der Waals surface area (Å²) in [6.45, 7) is 2.10. The van der Waals surface area contributed by atoms with Crippen molar-refractivity contribution in [1.82, 2.24) is 0 Å². The molecule has 2 aromatic carbocycles. The van der Waals surface area contributed by atoms with E-state index in [1.54, 1.807) is 13.0 Å². The largest absolute Gasteiger partial charge is 0.384 e. The molecule has 96 valence electrons. The first-order valence-electron chi connectivity index (χ1n) is 6.14. The Kier molecular flexibility index (Phi) is 3.84. The van der Waals surface area contributed by atoms with Crippen molar-refractivity contribution in [1.29, 1.82) is 5.26 Å². The van der Waals surface area contributed by atoms with E-state index < -0.39 is 5.60 Å². The summed E-state index contributed by atoms with van der Waals surface area (Å²) in [6.07, 6.45) is 0. The van der Waals surface area contributed by atoms with Crippen molar-refractivity contribution in [2.24, 2.45) is 0 Å². The van der Waals surface area contributed by atoms with E-state index in [1.807, 2.05) is 48.5 Å². The molecule has 3 nitrogen and oxygen atoms in total. The molecule has 0 heterocycles. The molecule has 0 fully saturated rings. The quantitative estimate of drug-likeness (QED) is 0.879. The third-order valence-corrected chi connectivity index (χ3v) is 3.07. The Morgan fingerprint density at radius 3 is 2.42 bits per heavy atom. The van der Waals surface area contributed by atoms with Crippen LogP contribution in [0.15, 0.2) is 54.6 Å². The number of nitriles is 1. The Bertz CT molecular complexity index is 585. The molecule has 0 aromatic heterocycles. The third-order valence-electron chi connectivity index (χ3n) is 3.07. The first kappa shape index (κ1) is 13.1. The van der Waals surface area contributed by atoms with E-state index in [9.17, 15) is 5.11 Å². The molecular formula is C16H16N2O. The van der Waals surface area contributed by atoms with Gasteiger partial charge in [0.05, 0.1) is 11.3 Å². The van der Waals surface area contributed by atoms with Crippen LogP contribution in [0.1, 0.15) is 18.1 Å². The highest BCUT2D eigenvalue weighted by Gasteiger charge is 2.22. The van der Waals surface area contributed by atoms with Crippen LogP contribution in [0.4, 0.5) is 5.69 Å². The smallest absolute Gasteiger partial charge is 0.104 e. The highest BCUT2D eigenvalue weighted by molar-refractivity contribution is 5.57. The number of rotatable bonds is 4. The highest BCUT2D eigenvalue weighted by atomic mass is 16.3. The monoisotopic (exact) mass is 252 g/mol. The van der Waals surface area contributed by atoms with Crippen LogP contribution >= 0.6 is 0 Å². The van der Waals surface area contributed by atoms with E-state index in [2.05, 4.69) is 11.4 Å². The Labute approximate surface area is 113 Å². The van der Waals surface area contributed by atoms with Gasteiger partial charge in [0.15, 0.2) is 0 Å². The Morgan fingerprint density at radius 2 is 1.74 bits per heavy atom. The summed E-state index contributed by atoms with van der Waals surface area (Å²) in [7, 11) is 0. The van der Waals surface area contributed by atoms with Crippen LogP contribution in [0.2, 0.25) is 0 Å². The molecule has 19 heavy (non-hydrogen) atoms. The SMILES string of the molecule is CC(O)(CNc1ccccc1C#N)c1ccccc1. The van der Waals surface area contributed by atoms with Crippen LogP contribution in [-0.4, -0.2) is 11.7 Å². The summed E-state index contributed by atoms with van der Waals surface area (Å²) in [4.78, 5) is 0. The average Bonchev–Trinajstić information content (AvgIpc) is 2.46. The average molecular weight is 252 g/mol. The predicted octanol–water partition coefficient (Wildman–Crippen LogP) is 2.88. The number of hydrogen-bond donors (Lipinski definition) is 2. The Hall–Kier alpha value is -2.31. The molecule has 0 saturated carbocycles. The lowest BCUT2D eigenvalue weighted by molar-refractivity contribution is 0.0715. The van der Waals surface area contributed by atoms with Crippen molar-refractivity contribution in [2.45, 2.75) is 12.5 Å². The van der Waals surface area contributed by atoms with E-state index in [-0.39, 0.29) is 0 Å². The first-order valence-corrected chi connectivity index (χ1v) is 6.14. The minimum atomic E-state index is -0.982. The molecule has 1 unspecified atom stereocenters. The van der Waals surface area contributed by atoms with Crippen molar-refractivity contribution in [2.75, 3.05) is 11.9 Å². The van der Waals surface area contributed by atoms with Gasteiger partial charge in [-0.25, -0.2) is 0 Å². The van der Waals surface area contributed by atoms with E-state index in [4.69, 9.17) is 5.26 Å². The van der Waals surface area contributed by atoms with Crippen molar-refractivity contribution in [3.63, 3.8) is 0 Å². The van der Waals surface area contributed by atoms with Gasteiger partial charge in [0, 0.05) is 6.54 Å². The fourth-order valence-electron chi connectivity index (χ4n) is 1.90. The van der Waals surface area contributed by atoms with Gasteiger partial charge >= 0.3 is 0 Å². The molecule has 0 aliphatic rings. The van der Waals surface area contributed by atoms with Crippen molar-refractivity contribution in [3.05, 3.63) is 65.7 Å². The molecule has 3 heteroatoms. The molecule has 0 saturated heterocycles. The standard InChI is InChI=1S/C16H16N2O/c1-16(19,14-8-3-2-4-9-14)12-18-15-10-6-5-7-13(15)11-17/h2-10,18-19H,12H2,1H3. The molecule has 0 aliphatic carbocycles. The second kappa shape index (κ2) is 5.55. The maximum Gasteiger partial charge on any atom is 0.104 e. The zero-order valence-electron chi connectivity index (χ0n) is 10.8. The normalized spacial score (nSPS) is 13.3. The lowest BCUT2D eigenvalue weighted by Crippen LogP contribution is -2.30. The first-order chi connectivity index (χ1) is 9.13. The number of hydrogen-bond acceptors (Lipinski definition) is 3. The lowest BCUT2D eigenvalue weighted by Gasteiger charge is -2.25. The molecule has 0 bridgehead atoms. The fourth-order valence-corrected chi connectivity index (χ4v) is 1.90. The molecule has 0 radical (unpaired) electrons. The summed E-state index contributed by atoms with van der Waals surface area (Å²) in [5.74, 6) is 0. The minimum Gasteiger partial charge on any atom is -0.384 e. The third kappa shape index (κ3) is 3.12. The number of aliphatic hydroxyl groups is 1. The zero-order valence-corrected chi connectivity index (χ0v) is 10.8. The number of benzene rings is 2. The maximum atomic E-state index is 10.5. The predicted molar refractivity (Wildman–Crippen MR) is 75.7 cm³/mol. The Balaban J connectivity index is 2.12. The molecule has 2 aromatic rings. The van der Waals surface area contributed by atoms with E-state index in [0.29, 0.717) is 12.1 Å². The van der Waals surface area contributed by atoms with Crippen LogP contribution in [0.3, 0.4) is 0 Å². The maximum absolute atomic E-state index is 10.5. The van der Waals surface area contributed by atoms with Gasteiger partial charge in [0.1, 0.15) is 11.7 Å². The van der Waals surface area contributed by atoms with Gasteiger partial charge in [0.25, 0.3) is 0 Å². The molecule has 0 aliphatic heterocycles. The van der Waals surface area contributed by atoms with E-state index in [0.717, 1.165) is 11.3 Å². The topological polar surface area (TPSA) is 56.0 Å². The number of nitrogens with zero attached hydrogens (tertiary/aromatic N) is 1. The Morgan fingerprint density at radius 1 is 1.11 bits per heavy atom. The summed E-state index contributed by atoms with van der Waals surface area (Å²) in [5, 5.41) is 22.6.